The van der Waals surface area contributed by atoms with Gasteiger partial charge in [-0.25, -0.2) is 0 Å². The highest BCUT2D eigenvalue weighted by Crippen LogP contribution is 2.39. The lowest BCUT2D eigenvalue weighted by Gasteiger charge is -2.14. The number of carboxylic acid groups (broad SMARTS) is 1. The summed E-state index contributed by atoms with van der Waals surface area (Å²) in [6.45, 7) is -0.223. The van der Waals surface area contributed by atoms with E-state index >= 15 is 0 Å². The van der Waals surface area contributed by atoms with Gasteiger partial charge >= 0.3 is 12.3 Å². The molecule has 0 saturated carbocycles. The van der Waals surface area contributed by atoms with E-state index in [1.807, 2.05) is 0 Å². The average Bonchev–Trinajstić information content (AvgIpc) is 3.15. The minimum Gasteiger partial charge on any atom is -0.497 e. The number of methoxy groups -OCH3 is 1. The van der Waals surface area contributed by atoms with Crippen LogP contribution < -0.4 is 14.2 Å². The van der Waals surface area contributed by atoms with Crippen LogP contribution in [0, 0.1) is 10.1 Å². The maximum atomic E-state index is 12.7. The summed E-state index contributed by atoms with van der Waals surface area (Å²) in [6, 6.07) is 11.5. The number of hydrogen-bond acceptors (Lipinski definition) is 7. The lowest BCUT2D eigenvalue weighted by atomic mass is 9.91. The second-order valence-corrected chi connectivity index (χ2v) is 6.86. The summed E-state index contributed by atoms with van der Waals surface area (Å²) in [5, 5.41) is 19.7. The monoisotopic (exact) mass is 415 g/mol. The third-order valence-corrected chi connectivity index (χ3v) is 4.81. The predicted octanol–water partition coefficient (Wildman–Crippen LogP) is 3.29. The summed E-state index contributed by atoms with van der Waals surface area (Å²) in [7, 11) is 1.53. The number of ketones is 1. The van der Waals surface area contributed by atoms with Crippen LogP contribution in [0.15, 0.2) is 42.5 Å². The summed E-state index contributed by atoms with van der Waals surface area (Å²) in [5.74, 6) is -0.425. The Morgan fingerprint density at radius 1 is 1.17 bits per heavy atom. The van der Waals surface area contributed by atoms with Gasteiger partial charge in [-0.05, 0) is 54.3 Å². The number of benzene rings is 2. The smallest absolute Gasteiger partial charge is 0.305 e. The molecule has 0 bridgehead atoms. The average molecular weight is 415 g/mol. The SMILES string of the molecule is COc1ccc(C(=O)C2Oc3ccc(C(CCC[N+](=O)[O-])CC(=O)O)cc3O2)cc1. The Balaban J connectivity index is 1.72. The molecule has 9 heteroatoms. The minimum absolute atomic E-state index is 0.161. The molecule has 1 aliphatic heterocycles. The molecule has 0 fully saturated rings. The van der Waals surface area contributed by atoms with Crippen LogP contribution in [0.1, 0.15) is 41.1 Å². The summed E-state index contributed by atoms with van der Waals surface area (Å²) in [4.78, 5) is 34.0. The molecule has 0 amide bonds. The topological polar surface area (TPSA) is 125 Å². The lowest BCUT2D eigenvalue weighted by molar-refractivity contribution is -0.480. The van der Waals surface area contributed by atoms with Crippen molar-refractivity contribution in [2.75, 3.05) is 13.7 Å². The number of carboxylic acids is 1. The summed E-state index contributed by atoms with van der Waals surface area (Å²) in [6.07, 6.45) is -0.693. The van der Waals surface area contributed by atoms with E-state index in [1.54, 1.807) is 42.5 Å². The maximum absolute atomic E-state index is 12.7. The van der Waals surface area contributed by atoms with E-state index in [9.17, 15) is 24.8 Å². The molecule has 0 radical (unpaired) electrons. The van der Waals surface area contributed by atoms with Gasteiger partial charge in [0.2, 0.25) is 12.3 Å². The Hall–Kier alpha value is -3.62. The van der Waals surface area contributed by atoms with Crippen molar-refractivity contribution in [2.45, 2.75) is 31.5 Å². The van der Waals surface area contributed by atoms with Crippen LogP contribution in [-0.4, -0.2) is 41.7 Å². The normalized spacial score (nSPS) is 15.4. The second kappa shape index (κ2) is 9.25. The largest absolute Gasteiger partial charge is 0.497 e. The van der Waals surface area contributed by atoms with Crippen LogP contribution in [0.3, 0.4) is 0 Å². The number of nitrogens with zero attached hydrogens (tertiary/aromatic N) is 1. The van der Waals surface area contributed by atoms with E-state index in [2.05, 4.69) is 0 Å². The summed E-state index contributed by atoms with van der Waals surface area (Å²) >= 11 is 0. The van der Waals surface area contributed by atoms with E-state index in [1.165, 1.54) is 7.11 Å². The molecule has 1 aliphatic rings. The van der Waals surface area contributed by atoms with Gasteiger partial charge in [-0.3, -0.25) is 19.7 Å². The minimum atomic E-state index is -1.14. The van der Waals surface area contributed by atoms with Gasteiger partial charge in [0.05, 0.1) is 13.5 Å². The Kier molecular flexibility index (Phi) is 6.51. The highest BCUT2D eigenvalue weighted by Gasteiger charge is 2.32. The molecule has 30 heavy (non-hydrogen) atoms. The van der Waals surface area contributed by atoms with Gasteiger partial charge in [-0.2, -0.15) is 0 Å². The van der Waals surface area contributed by atoms with Crippen LogP contribution in [-0.2, 0) is 4.79 Å². The van der Waals surface area contributed by atoms with Crippen molar-refractivity contribution in [1.82, 2.24) is 0 Å². The molecule has 2 aromatic rings. The molecule has 0 aromatic heterocycles. The number of nitro groups is 1. The first-order chi connectivity index (χ1) is 14.4. The number of fused-ring (bicyclic) bond motifs is 1. The zero-order valence-corrected chi connectivity index (χ0v) is 16.3. The molecular formula is C21H21NO8. The van der Waals surface area contributed by atoms with Gasteiger partial charge < -0.3 is 19.3 Å². The number of rotatable bonds is 10. The standard InChI is InChI=1S/C21H21NO8/c1-28-16-7-4-13(5-8-16)20(25)21-29-17-9-6-15(11-18(17)30-21)14(12-19(23)24)3-2-10-22(26)27/h4-9,11,14,21H,2-3,10,12H2,1H3,(H,23,24). The third kappa shape index (κ3) is 5.05. The van der Waals surface area contributed by atoms with E-state index in [0.29, 0.717) is 34.8 Å². The third-order valence-electron chi connectivity index (χ3n) is 4.81. The molecule has 3 rings (SSSR count). The number of carbonyl (C=O) groups excluding carboxylic acids is 1. The number of ether oxygens (including phenoxy) is 3. The fourth-order valence-electron chi connectivity index (χ4n) is 3.29. The second-order valence-electron chi connectivity index (χ2n) is 6.86. The number of Topliss-reactive ketones (excluding diaryl/α,β-unsaturated/α-hetero) is 1. The van der Waals surface area contributed by atoms with Crippen molar-refractivity contribution in [3.8, 4) is 17.2 Å². The molecule has 158 valence electrons. The molecule has 1 heterocycles. The molecule has 0 aliphatic carbocycles. The van der Waals surface area contributed by atoms with Crippen LogP contribution >= 0.6 is 0 Å². The summed E-state index contributed by atoms with van der Waals surface area (Å²) in [5.41, 5.74) is 1.07. The van der Waals surface area contributed by atoms with Crippen molar-refractivity contribution in [2.24, 2.45) is 0 Å². The molecule has 1 N–H and O–H groups in total. The Labute approximate surface area is 172 Å². The van der Waals surface area contributed by atoms with Gasteiger partial charge in [0, 0.05) is 16.9 Å². The van der Waals surface area contributed by atoms with Crippen molar-refractivity contribution in [3.63, 3.8) is 0 Å². The van der Waals surface area contributed by atoms with E-state index in [4.69, 9.17) is 14.2 Å². The highest BCUT2D eigenvalue weighted by molar-refractivity contribution is 5.99. The fourth-order valence-corrected chi connectivity index (χ4v) is 3.29. The zero-order chi connectivity index (χ0) is 21.7. The molecule has 2 atom stereocenters. The first kappa shape index (κ1) is 21.1. The molecule has 0 saturated heterocycles. The quantitative estimate of drug-likeness (QED) is 0.356. The molecule has 2 unspecified atom stereocenters. The zero-order valence-electron chi connectivity index (χ0n) is 16.3. The van der Waals surface area contributed by atoms with Gasteiger partial charge in [-0.1, -0.05) is 6.07 Å². The maximum Gasteiger partial charge on any atom is 0.305 e. The first-order valence-corrected chi connectivity index (χ1v) is 9.36. The van der Waals surface area contributed by atoms with Crippen molar-refractivity contribution < 1.29 is 33.8 Å². The van der Waals surface area contributed by atoms with Gasteiger partial charge in [0.25, 0.3) is 0 Å². The number of hydrogen-bond donors (Lipinski definition) is 1. The van der Waals surface area contributed by atoms with E-state index < -0.39 is 23.1 Å². The molecular weight excluding hydrogens is 394 g/mol. The van der Waals surface area contributed by atoms with Gasteiger partial charge in [-0.15, -0.1) is 0 Å². The molecule has 2 aromatic carbocycles. The highest BCUT2D eigenvalue weighted by atomic mass is 16.7. The Bertz CT molecular complexity index is 941. The van der Waals surface area contributed by atoms with Crippen LogP contribution in [0.2, 0.25) is 0 Å². The van der Waals surface area contributed by atoms with Crippen LogP contribution in [0.25, 0.3) is 0 Å². The predicted molar refractivity (Wildman–Crippen MR) is 105 cm³/mol. The van der Waals surface area contributed by atoms with Crippen LogP contribution in [0.5, 0.6) is 17.2 Å². The van der Waals surface area contributed by atoms with Gasteiger partial charge in [0.15, 0.2) is 11.5 Å². The van der Waals surface area contributed by atoms with Crippen molar-refractivity contribution >= 4 is 11.8 Å². The van der Waals surface area contributed by atoms with Crippen molar-refractivity contribution in [3.05, 3.63) is 63.7 Å². The summed E-state index contributed by atoms with van der Waals surface area (Å²) < 4.78 is 16.3. The van der Waals surface area contributed by atoms with Gasteiger partial charge in [0.1, 0.15) is 5.75 Å². The first-order valence-electron chi connectivity index (χ1n) is 9.36. The van der Waals surface area contributed by atoms with Crippen LogP contribution in [0.4, 0.5) is 0 Å². The van der Waals surface area contributed by atoms with Crippen molar-refractivity contribution in [1.29, 1.82) is 0 Å². The number of aliphatic carboxylic acids is 1. The Morgan fingerprint density at radius 3 is 2.50 bits per heavy atom. The Morgan fingerprint density at radius 2 is 1.87 bits per heavy atom. The van der Waals surface area contributed by atoms with E-state index in [0.717, 1.165) is 0 Å². The molecule has 0 spiro atoms. The van der Waals surface area contributed by atoms with E-state index in [-0.39, 0.29) is 25.2 Å². The fraction of sp³-hybridized carbons (Fsp3) is 0.333. The molecule has 9 nitrogen and oxygen atoms in total. The number of carbonyl (C=O) groups is 2. The lowest BCUT2D eigenvalue weighted by Crippen LogP contribution is -2.29.